The Bertz CT molecular complexity index is 1360. The lowest BCUT2D eigenvalue weighted by atomic mass is 10.0. The summed E-state index contributed by atoms with van der Waals surface area (Å²) in [5, 5.41) is 19.7. The minimum Gasteiger partial charge on any atom is -0.480 e. The lowest BCUT2D eigenvalue weighted by molar-refractivity contribution is 0.0690. The van der Waals surface area contributed by atoms with Gasteiger partial charge in [-0.15, -0.1) is 0 Å². The van der Waals surface area contributed by atoms with Crippen LogP contribution in [-0.2, 0) is 0 Å². The van der Waals surface area contributed by atoms with Crippen molar-refractivity contribution in [1.82, 2.24) is 9.97 Å². The van der Waals surface area contributed by atoms with Gasteiger partial charge in [-0.25, -0.2) is 9.97 Å². The van der Waals surface area contributed by atoms with Gasteiger partial charge in [0.15, 0.2) is 0 Å². The Morgan fingerprint density at radius 1 is 1.35 bits per heavy atom. The van der Waals surface area contributed by atoms with Gasteiger partial charge in [-0.2, -0.15) is 9.65 Å². The number of aliphatic hydroxyl groups excluding tert-OH is 1. The number of nitrogens with one attached hydrogen (secondary N) is 1. The van der Waals surface area contributed by atoms with Gasteiger partial charge in [-0.1, -0.05) is 6.58 Å². The Hall–Kier alpha value is -4.20. The van der Waals surface area contributed by atoms with Gasteiger partial charge in [0, 0.05) is 48.4 Å². The summed E-state index contributed by atoms with van der Waals surface area (Å²) in [4.78, 5) is 23.7. The molecule has 0 bridgehead atoms. The second-order valence-corrected chi connectivity index (χ2v) is 8.74. The molecule has 11 heteroatoms. The summed E-state index contributed by atoms with van der Waals surface area (Å²) in [6.45, 7) is 4.24. The Kier molecular flexibility index (Phi) is 7.57. The summed E-state index contributed by atoms with van der Waals surface area (Å²) in [6.07, 6.45) is 3.90. The Labute approximate surface area is 217 Å². The highest BCUT2D eigenvalue weighted by Gasteiger charge is 2.26. The largest absolute Gasteiger partial charge is 0.480 e. The minimum absolute atomic E-state index is 0.150. The number of benzene rings is 1. The van der Waals surface area contributed by atoms with Crippen molar-refractivity contribution in [3.8, 4) is 28.8 Å². The summed E-state index contributed by atoms with van der Waals surface area (Å²) >= 11 is 5.50. The molecule has 0 spiro atoms. The fourth-order valence-electron chi connectivity index (χ4n) is 3.83. The van der Waals surface area contributed by atoms with Crippen molar-refractivity contribution in [1.29, 1.82) is 5.26 Å². The highest BCUT2D eigenvalue weighted by Crippen LogP contribution is 2.34. The Morgan fingerprint density at radius 2 is 2.11 bits per heavy atom. The fourth-order valence-corrected chi connectivity index (χ4v) is 3.92. The molecule has 37 heavy (non-hydrogen) atoms. The fraction of sp³-hybridized carbons (Fsp3) is 0.231. The summed E-state index contributed by atoms with van der Waals surface area (Å²) in [7, 11) is 1.42. The molecule has 1 aliphatic rings. The average molecular weight is 524 g/mol. The SMILES string of the molecule is C=CC(F)(Cl)Oc1ccc(NC(=O)c2cnc(N3CC[C@@H](O)C3)c(-c3cnc(OC)c(C#N)c3)c2)cc1. The number of ether oxygens (including phenoxy) is 2. The molecule has 1 aliphatic heterocycles. The number of halogens is 2. The summed E-state index contributed by atoms with van der Waals surface area (Å²) in [5.41, 5.74) is 2.05. The molecule has 4 rings (SSSR count). The van der Waals surface area contributed by atoms with Gasteiger partial charge >= 0.3 is 5.31 Å². The van der Waals surface area contributed by atoms with Gasteiger partial charge in [0.1, 0.15) is 23.2 Å². The molecule has 0 saturated carbocycles. The number of alkyl halides is 2. The van der Waals surface area contributed by atoms with E-state index in [1.54, 1.807) is 12.1 Å². The molecule has 2 N–H and O–H groups in total. The molecule has 1 aromatic carbocycles. The first-order chi connectivity index (χ1) is 17.7. The third-order valence-electron chi connectivity index (χ3n) is 5.67. The van der Waals surface area contributed by atoms with Gasteiger partial charge in [-0.3, -0.25) is 4.79 Å². The number of anilines is 2. The smallest absolute Gasteiger partial charge is 0.347 e. The molecule has 3 heterocycles. The van der Waals surface area contributed by atoms with Crippen molar-refractivity contribution in [2.45, 2.75) is 17.8 Å². The van der Waals surface area contributed by atoms with E-state index in [9.17, 15) is 19.6 Å². The van der Waals surface area contributed by atoms with E-state index in [-0.39, 0.29) is 22.8 Å². The molecule has 0 radical (unpaired) electrons. The molecule has 9 nitrogen and oxygen atoms in total. The minimum atomic E-state index is -2.54. The normalized spacial score (nSPS) is 16.4. The number of pyridine rings is 2. The van der Waals surface area contributed by atoms with Crippen LogP contribution in [0.3, 0.4) is 0 Å². The quantitative estimate of drug-likeness (QED) is 0.331. The zero-order chi connectivity index (χ0) is 26.6. The number of hydrogen-bond donors (Lipinski definition) is 2. The summed E-state index contributed by atoms with van der Waals surface area (Å²) < 4.78 is 23.9. The van der Waals surface area contributed by atoms with Crippen molar-refractivity contribution < 1.29 is 23.8 Å². The van der Waals surface area contributed by atoms with E-state index in [2.05, 4.69) is 27.9 Å². The molecule has 1 amide bonds. The van der Waals surface area contributed by atoms with E-state index < -0.39 is 17.3 Å². The molecule has 2 atom stereocenters. The van der Waals surface area contributed by atoms with Crippen LogP contribution in [0, 0.1) is 11.3 Å². The number of methoxy groups -OCH3 is 1. The van der Waals surface area contributed by atoms with Crippen LogP contribution in [0.4, 0.5) is 15.9 Å². The molecular formula is C26H23ClFN5O4. The van der Waals surface area contributed by atoms with Crippen molar-refractivity contribution in [3.63, 3.8) is 0 Å². The van der Waals surface area contributed by atoms with Crippen LogP contribution in [-0.4, -0.2) is 52.6 Å². The van der Waals surface area contributed by atoms with E-state index in [0.29, 0.717) is 42.1 Å². The monoisotopic (exact) mass is 523 g/mol. The van der Waals surface area contributed by atoms with Crippen molar-refractivity contribution in [2.24, 2.45) is 0 Å². The maximum absolute atomic E-state index is 13.8. The highest BCUT2D eigenvalue weighted by molar-refractivity contribution is 6.23. The lowest BCUT2D eigenvalue weighted by Crippen LogP contribution is -2.23. The standard InChI is InChI=1S/C26H23ClFN5O4/c1-3-26(27,28)37-21-6-4-19(5-7-21)32-24(35)18-11-22(17-10-16(12-29)25(36-2)31-13-17)23(30-14-18)33-9-8-20(34)15-33/h3-7,10-11,13-14,20,34H,1,8-9,15H2,2H3,(H,32,35)/t20-,26?/m1/s1. The number of β-amino-alcohol motifs (C(OH)–C–C–N with tert-alkyl or cyclic N) is 1. The molecule has 1 saturated heterocycles. The second kappa shape index (κ2) is 10.8. The van der Waals surface area contributed by atoms with Crippen LogP contribution in [0.5, 0.6) is 11.6 Å². The molecule has 0 aliphatic carbocycles. The number of rotatable bonds is 8. The predicted molar refractivity (Wildman–Crippen MR) is 136 cm³/mol. The van der Waals surface area contributed by atoms with Crippen molar-refractivity contribution >= 4 is 29.0 Å². The topological polar surface area (TPSA) is 121 Å². The number of hydrogen-bond acceptors (Lipinski definition) is 8. The van der Waals surface area contributed by atoms with Crippen LogP contribution in [0.2, 0.25) is 0 Å². The highest BCUT2D eigenvalue weighted by atomic mass is 35.5. The van der Waals surface area contributed by atoms with Crippen LogP contribution >= 0.6 is 11.6 Å². The van der Waals surface area contributed by atoms with Crippen molar-refractivity contribution in [2.75, 3.05) is 30.4 Å². The number of carbonyl (C=O) groups excluding carboxylic acids is 1. The van der Waals surface area contributed by atoms with Crippen LogP contribution in [0.15, 0.2) is 61.4 Å². The summed E-state index contributed by atoms with van der Waals surface area (Å²) in [5.74, 6) is 0.451. The maximum atomic E-state index is 13.8. The first-order valence-electron chi connectivity index (χ1n) is 11.2. The number of nitrogens with zero attached hydrogens (tertiary/aromatic N) is 4. The zero-order valence-electron chi connectivity index (χ0n) is 19.8. The molecule has 1 unspecified atom stereocenters. The van der Waals surface area contributed by atoms with E-state index in [4.69, 9.17) is 21.1 Å². The Morgan fingerprint density at radius 3 is 2.73 bits per heavy atom. The average Bonchev–Trinajstić information content (AvgIpc) is 3.34. The molecule has 190 valence electrons. The number of aromatic nitrogens is 2. The number of aliphatic hydroxyl groups is 1. The van der Waals surface area contributed by atoms with Crippen LogP contribution in [0.25, 0.3) is 11.1 Å². The van der Waals surface area contributed by atoms with E-state index >= 15 is 0 Å². The Balaban J connectivity index is 1.63. The van der Waals surface area contributed by atoms with Gasteiger partial charge in [0.05, 0.1) is 18.8 Å². The third kappa shape index (κ3) is 5.97. The third-order valence-corrected chi connectivity index (χ3v) is 5.90. The predicted octanol–water partition coefficient (Wildman–Crippen LogP) is 4.27. The lowest BCUT2D eigenvalue weighted by Gasteiger charge is -2.21. The molecule has 2 aromatic heterocycles. The second-order valence-electron chi connectivity index (χ2n) is 8.22. The van der Waals surface area contributed by atoms with Gasteiger partial charge in [0.25, 0.3) is 5.91 Å². The molecular weight excluding hydrogens is 501 g/mol. The zero-order valence-corrected chi connectivity index (χ0v) is 20.6. The summed E-state index contributed by atoms with van der Waals surface area (Å²) in [6, 6.07) is 11.3. The first kappa shape index (κ1) is 25.9. The first-order valence-corrected chi connectivity index (χ1v) is 11.6. The van der Waals surface area contributed by atoms with E-state index in [0.717, 1.165) is 6.08 Å². The number of nitriles is 1. The van der Waals surface area contributed by atoms with Crippen LogP contribution < -0.4 is 19.7 Å². The van der Waals surface area contributed by atoms with Gasteiger partial charge < -0.3 is 24.8 Å². The van der Waals surface area contributed by atoms with Crippen molar-refractivity contribution in [3.05, 3.63) is 72.6 Å². The van der Waals surface area contributed by atoms with Gasteiger partial charge in [-0.05, 0) is 54.4 Å². The van der Waals surface area contributed by atoms with E-state index in [1.165, 1.54) is 43.8 Å². The molecule has 3 aromatic rings. The van der Waals surface area contributed by atoms with E-state index in [1.807, 2.05) is 4.90 Å². The maximum Gasteiger partial charge on any atom is 0.347 e. The molecule has 1 fully saturated rings. The number of carbonyl (C=O) groups is 1. The van der Waals surface area contributed by atoms with Gasteiger partial charge in [0.2, 0.25) is 5.88 Å². The number of amides is 1. The van der Waals surface area contributed by atoms with Crippen LogP contribution in [0.1, 0.15) is 22.3 Å².